The van der Waals surface area contributed by atoms with E-state index in [-0.39, 0.29) is 10.7 Å². The molecule has 2 aromatic rings. The van der Waals surface area contributed by atoms with Gasteiger partial charge in [-0.25, -0.2) is 13.4 Å². The van der Waals surface area contributed by atoms with E-state index >= 15 is 0 Å². The van der Waals surface area contributed by atoms with Crippen LogP contribution in [0.3, 0.4) is 0 Å². The Bertz CT molecular complexity index is 667. The van der Waals surface area contributed by atoms with E-state index in [4.69, 9.17) is 5.73 Å². The highest BCUT2D eigenvalue weighted by molar-refractivity contribution is 7.92. The predicted octanol–water partition coefficient (Wildman–Crippen LogP) is 1.65. The van der Waals surface area contributed by atoms with E-state index in [0.717, 1.165) is 5.56 Å². The van der Waals surface area contributed by atoms with Gasteiger partial charge in [0.1, 0.15) is 5.82 Å². The van der Waals surface area contributed by atoms with Crippen LogP contribution in [0.15, 0.2) is 47.5 Å². The summed E-state index contributed by atoms with van der Waals surface area (Å²) in [5.41, 5.74) is 6.99. The van der Waals surface area contributed by atoms with Crippen LogP contribution in [0.25, 0.3) is 0 Å². The molecule has 0 spiro atoms. The van der Waals surface area contributed by atoms with Crippen molar-refractivity contribution in [3.63, 3.8) is 0 Å². The predicted molar refractivity (Wildman–Crippen MR) is 74.1 cm³/mol. The van der Waals surface area contributed by atoms with Gasteiger partial charge in [0.15, 0.2) is 0 Å². The Kier molecular flexibility index (Phi) is 3.82. The van der Waals surface area contributed by atoms with Gasteiger partial charge in [-0.15, -0.1) is 0 Å². The van der Waals surface area contributed by atoms with Gasteiger partial charge < -0.3 is 5.73 Å². The number of hydrogen-bond acceptors (Lipinski definition) is 4. The molecule has 0 radical (unpaired) electrons. The molecule has 3 N–H and O–H groups in total. The van der Waals surface area contributed by atoms with Crippen molar-refractivity contribution in [2.75, 3.05) is 4.72 Å². The highest BCUT2D eigenvalue weighted by Crippen LogP contribution is 2.17. The normalized spacial score (nSPS) is 11.3. The van der Waals surface area contributed by atoms with Gasteiger partial charge in [0, 0.05) is 12.7 Å². The number of sulfonamides is 1. The molecule has 2 rings (SSSR count). The maximum atomic E-state index is 12.2. The molecule has 100 valence electrons. The Morgan fingerprint density at radius 2 is 1.95 bits per heavy atom. The Morgan fingerprint density at radius 3 is 2.53 bits per heavy atom. The first-order chi connectivity index (χ1) is 9.03. The molecule has 0 saturated carbocycles. The SMILES string of the molecule is Cc1ccccc1S(=O)(=O)Nc1ccc(CN)cn1. The van der Waals surface area contributed by atoms with Crippen molar-refractivity contribution < 1.29 is 8.42 Å². The number of nitrogens with zero attached hydrogens (tertiary/aromatic N) is 1. The van der Waals surface area contributed by atoms with Crippen molar-refractivity contribution in [1.82, 2.24) is 4.98 Å². The van der Waals surface area contributed by atoms with Gasteiger partial charge in [0.25, 0.3) is 10.0 Å². The van der Waals surface area contributed by atoms with Crippen LogP contribution in [0, 0.1) is 6.92 Å². The first kappa shape index (κ1) is 13.5. The van der Waals surface area contributed by atoms with E-state index < -0.39 is 10.0 Å². The van der Waals surface area contributed by atoms with Crippen LogP contribution in [0.1, 0.15) is 11.1 Å². The van der Waals surface area contributed by atoms with Crippen LogP contribution in [-0.4, -0.2) is 13.4 Å². The van der Waals surface area contributed by atoms with Crippen molar-refractivity contribution in [1.29, 1.82) is 0 Å². The van der Waals surface area contributed by atoms with E-state index in [9.17, 15) is 8.42 Å². The van der Waals surface area contributed by atoms with E-state index in [0.29, 0.717) is 12.1 Å². The Morgan fingerprint density at radius 1 is 1.21 bits per heavy atom. The molecule has 6 heteroatoms. The van der Waals surface area contributed by atoms with Gasteiger partial charge in [-0.3, -0.25) is 4.72 Å². The van der Waals surface area contributed by atoms with Crippen molar-refractivity contribution in [2.24, 2.45) is 5.73 Å². The zero-order valence-corrected chi connectivity index (χ0v) is 11.3. The van der Waals surface area contributed by atoms with E-state index in [1.807, 2.05) is 0 Å². The van der Waals surface area contributed by atoms with Crippen LogP contribution in [0.5, 0.6) is 0 Å². The summed E-state index contributed by atoms with van der Waals surface area (Å²) in [6.07, 6.45) is 1.55. The highest BCUT2D eigenvalue weighted by atomic mass is 32.2. The van der Waals surface area contributed by atoms with Gasteiger partial charge >= 0.3 is 0 Å². The van der Waals surface area contributed by atoms with Crippen LogP contribution in [-0.2, 0) is 16.6 Å². The number of nitrogens with one attached hydrogen (secondary N) is 1. The lowest BCUT2D eigenvalue weighted by Crippen LogP contribution is -2.15. The molecular weight excluding hydrogens is 262 g/mol. The standard InChI is InChI=1S/C13H15N3O2S/c1-10-4-2-3-5-12(10)19(17,18)16-13-7-6-11(8-14)9-15-13/h2-7,9H,8,14H2,1H3,(H,15,16). The average Bonchev–Trinajstić information content (AvgIpc) is 2.39. The average molecular weight is 277 g/mol. The molecule has 0 aliphatic carbocycles. The van der Waals surface area contributed by atoms with Gasteiger partial charge in [-0.2, -0.15) is 0 Å². The molecule has 1 aromatic heterocycles. The van der Waals surface area contributed by atoms with Crippen molar-refractivity contribution in [2.45, 2.75) is 18.4 Å². The zero-order valence-electron chi connectivity index (χ0n) is 10.5. The second-order valence-electron chi connectivity index (χ2n) is 4.13. The molecule has 0 fully saturated rings. The number of aryl methyl sites for hydroxylation is 1. The summed E-state index contributed by atoms with van der Waals surface area (Å²) in [4.78, 5) is 4.27. The first-order valence-electron chi connectivity index (χ1n) is 5.76. The van der Waals surface area contributed by atoms with Crippen LogP contribution < -0.4 is 10.5 Å². The minimum Gasteiger partial charge on any atom is -0.326 e. The molecule has 0 aliphatic heterocycles. The molecule has 0 saturated heterocycles. The minimum absolute atomic E-state index is 0.250. The maximum absolute atomic E-state index is 12.2. The number of aromatic nitrogens is 1. The Hall–Kier alpha value is -1.92. The van der Waals surface area contributed by atoms with Crippen molar-refractivity contribution >= 4 is 15.8 Å². The molecule has 0 atom stereocenters. The van der Waals surface area contributed by atoms with E-state index in [1.165, 1.54) is 0 Å². The summed E-state index contributed by atoms with van der Waals surface area (Å²) in [5.74, 6) is 0.278. The largest absolute Gasteiger partial charge is 0.326 e. The summed E-state index contributed by atoms with van der Waals surface area (Å²) in [6, 6.07) is 10.1. The smallest absolute Gasteiger partial charge is 0.263 e. The summed E-state index contributed by atoms with van der Waals surface area (Å²) in [6.45, 7) is 2.12. The van der Waals surface area contributed by atoms with E-state index in [1.54, 1.807) is 49.5 Å². The number of anilines is 1. The van der Waals surface area contributed by atoms with Crippen LogP contribution in [0.4, 0.5) is 5.82 Å². The van der Waals surface area contributed by atoms with Crippen molar-refractivity contribution in [3.8, 4) is 0 Å². The monoisotopic (exact) mass is 277 g/mol. The fourth-order valence-electron chi connectivity index (χ4n) is 1.66. The lowest BCUT2D eigenvalue weighted by atomic mass is 10.2. The van der Waals surface area contributed by atoms with Crippen LogP contribution in [0.2, 0.25) is 0 Å². The second-order valence-corrected chi connectivity index (χ2v) is 5.78. The molecule has 0 unspecified atom stereocenters. The molecule has 1 aromatic carbocycles. The van der Waals surface area contributed by atoms with Gasteiger partial charge in [-0.05, 0) is 30.2 Å². The van der Waals surface area contributed by atoms with E-state index in [2.05, 4.69) is 9.71 Å². The first-order valence-corrected chi connectivity index (χ1v) is 7.25. The van der Waals surface area contributed by atoms with Crippen molar-refractivity contribution in [3.05, 3.63) is 53.7 Å². The molecule has 0 amide bonds. The topological polar surface area (TPSA) is 85.1 Å². The third-order valence-corrected chi connectivity index (χ3v) is 4.20. The number of rotatable bonds is 4. The number of nitrogens with two attached hydrogens (primary N) is 1. The maximum Gasteiger partial charge on any atom is 0.263 e. The lowest BCUT2D eigenvalue weighted by Gasteiger charge is -2.09. The minimum atomic E-state index is -3.61. The molecule has 0 bridgehead atoms. The summed E-state index contributed by atoms with van der Waals surface area (Å²) >= 11 is 0. The molecule has 1 heterocycles. The zero-order chi connectivity index (χ0) is 13.9. The third-order valence-electron chi connectivity index (χ3n) is 2.68. The summed E-state index contributed by atoms with van der Waals surface area (Å²) in [7, 11) is -3.61. The van der Waals surface area contributed by atoms with Gasteiger partial charge in [0.2, 0.25) is 0 Å². The van der Waals surface area contributed by atoms with Gasteiger partial charge in [0.05, 0.1) is 4.90 Å². The quantitative estimate of drug-likeness (QED) is 0.889. The number of benzene rings is 1. The molecule has 5 nitrogen and oxygen atoms in total. The number of pyridine rings is 1. The molecule has 19 heavy (non-hydrogen) atoms. The summed E-state index contributed by atoms with van der Waals surface area (Å²) in [5, 5.41) is 0. The Balaban J connectivity index is 2.28. The molecular formula is C13H15N3O2S. The second kappa shape index (κ2) is 5.38. The lowest BCUT2D eigenvalue weighted by molar-refractivity contribution is 0.600. The highest BCUT2D eigenvalue weighted by Gasteiger charge is 2.16. The van der Waals surface area contributed by atoms with Crippen LogP contribution >= 0.6 is 0 Å². The third kappa shape index (κ3) is 3.10. The number of hydrogen-bond donors (Lipinski definition) is 2. The summed E-state index contributed by atoms with van der Waals surface area (Å²) < 4.78 is 26.8. The fourth-order valence-corrected chi connectivity index (χ4v) is 2.91. The van der Waals surface area contributed by atoms with Gasteiger partial charge in [-0.1, -0.05) is 24.3 Å². The fraction of sp³-hybridized carbons (Fsp3) is 0.154. The molecule has 0 aliphatic rings. The Labute approximate surface area is 112 Å².